The predicted molar refractivity (Wildman–Crippen MR) is 38.1 cm³/mol. The highest BCUT2D eigenvalue weighted by molar-refractivity contribution is 9.10. The molecule has 1 heterocycles. The molecule has 0 spiro atoms. The molecule has 3 nitrogen and oxygen atoms in total. The van der Waals surface area contributed by atoms with Crippen LogP contribution in [0.1, 0.15) is 0 Å². The van der Waals surface area contributed by atoms with Gasteiger partial charge in [-0.1, -0.05) is 0 Å². The van der Waals surface area contributed by atoms with Crippen molar-refractivity contribution in [2.75, 3.05) is 7.11 Å². The van der Waals surface area contributed by atoms with Crippen LogP contribution in [-0.2, 0) is 0 Å². The second-order valence-corrected chi connectivity index (χ2v) is 2.55. The van der Waals surface area contributed by atoms with Gasteiger partial charge in [-0.2, -0.15) is 0 Å². The van der Waals surface area contributed by atoms with Gasteiger partial charge >= 0.3 is 0 Å². The van der Waals surface area contributed by atoms with Crippen LogP contribution in [0.25, 0.3) is 0 Å². The van der Waals surface area contributed by atoms with E-state index in [1.165, 1.54) is 6.20 Å². The van der Waals surface area contributed by atoms with Crippen LogP contribution in [0, 0.1) is 0 Å². The fourth-order valence-corrected chi connectivity index (χ4v) is 0.808. The molecule has 0 radical (unpaired) electrons. The van der Waals surface area contributed by atoms with Crippen LogP contribution in [-0.4, -0.2) is 12.3 Å². The van der Waals surface area contributed by atoms with E-state index >= 15 is 0 Å². The topological polar surface area (TPSA) is 33.3 Å². The standard InChI is InChI=1S/C6H7BrNO2/c1-10-5-2-3-6(7)8(9)4-5/h2-4,9H,1H3/q+1. The first-order valence-corrected chi connectivity index (χ1v) is 3.48. The normalized spacial score (nSPS) is 9.40. The molecule has 0 fully saturated rings. The Bertz CT molecular complexity index is 239. The first-order chi connectivity index (χ1) is 4.74. The molecule has 0 atom stereocenters. The third kappa shape index (κ3) is 1.39. The minimum absolute atomic E-state index is 0.591. The van der Waals surface area contributed by atoms with Gasteiger partial charge in [-0.3, -0.25) is 5.21 Å². The zero-order valence-electron chi connectivity index (χ0n) is 5.41. The molecule has 10 heavy (non-hydrogen) atoms. The minimum atomic E-state index is 0.591. The quantitative estimate of drug-likeness (QED) is 0.421. The summed E-state index contributed by atoms with van der Waals surface area (Å²) in [5, 5.41) is 9.02. The molecule has 4 heteroatoms. The molecule has 0 amide bonds. The highest BCUT2D eigenvalue weighted by Gasteiger charge is 2.06. The van der Waals surface area contributed by atoms with Gasteiger partial charge < -0.3 is 4.74 Å². The van der Waals surface area contributed by atoms with Crippen molar-refractivity contribution in [2.24, 2.45) is 0 Å². The molecule has 1 aromatic rings. The first kappa shape index (κ1) is 7.34. The van der Waals surface area contributed by atoms with E-state index in [2.05, 4.69) is 15.9 Å². The Morgan fingerprint density at radius 2 is 2.30 bits per heavy atom. The van der Waals surface area contributed by atoms with Crippen LogP contribution < -0.4 is 9.47 Å². The van der Waals surface area contributed by atoms with Crippen LogP contribution >= 0.6 is 15.9 Å². The Kier molecular flexibility index (Phi) is 2.11. The highest BCUT2D eigenvalue weighted by Crippen LogP contribution is 2.09. The van der Waals surface area contributed by atoms with Gasteiger partial charge in [-0.05, 0) is 6.07 Å². The molecule has 0 aliphatic heterocycles. The van der Waals surface area contributed by atoms with Crippen molar-refractivity contribution < 1.29 is 14.7 Å². The fourth-order valence-electron chi connectivity index (χ4n) is 0.573. The number of methoxy groups -OCH3 is 1. The van der Waals surface area contributed by atoms with Gasteiger partial charge in [0.25, 0.3) is 10.8 Å². The monoisotopic (exact) mass is 204 g/mol. The lowest BCUT2D eigenvalue weighted by atomic mass is 10.5. The Morgan fingerprint density at radius 3 is 2.80 bits per heavy atom. The van der Waals surface area contributed by atoms with Crippen LogP contribution in [0.15, 0.2) is 22.9 Å². The molecule has 0 aromatic carbocycles. The predicted octanol–water partition coefficient (Wildman–Crippen LogP) is 0.982. The number of nitrogens with zero attached hydrogens (tertiary/aromatic N) is 1. The van der Waals surface area contributed by atoms with E-state index in [1.807, 2.05) is 0 Å². The van der Waals surface area contributed by atoms with Crippen molar-refractivity contribution in [2.45, 2.75) is 0 Å². The Labute approximate surface area is 67.0 Å². The van der Waals surface area contributed by atoms with Crippen LogP contribution in [0.4, 0.5) is 0 Å². The average Bonchev–Trinajstić information content (AvgIpc) is 1.95. The second-order valence-electron chi connectivity index (χ2n) is 1.74. The van der Waals surface area contributed by atoms with Crippen molar-refractivity contribution in [3.63, 3.8) is 0 Å². The van der Waals surface area contributed by atoms with Crippen LogP contribution in [0.2, 0.25) is 0 Å². The van der Waals surface area contributed by atoms with Crippen molar-refractivity contribution in [3.05, 3.63) is 22.9 Å². The summed E-state index contributed by atoms with van der Waals surface area (Å²) in [7, 11) is 1.54. The third-order valence-corrected chi connectivity index (χ3v) is 1.72. The summed E-state index contributed by atoms with van der Waals surface area (Å²) in [5.41, 5.74) is 0. The van der Waals surface area contributed by atoms with E-state index in [0.717, 1.165) is 4.73 Å². The van der Waals surface area contributed by atoms with Crippen LogP contribution in [0.3, 0.4) is 0 Å². The van der Waals surface area contributed by atoms with E-state index in [1.54, 1.807) is 19.2 Å². The van der Waals surface area contributed by atoms with Crippen molar-refractivity contribution in [3.8, 4) is 5.75 Å². The van der Waals surface area contributed by atoms with Gasteiger partial charge in [0.05, 0.1) is 7.11 Å². The summed E-state index contributed by atoms with van der Waals surface area (Å²) < 4.78 is 6.38. The lowest BCUT2D eigenvalue weighted by Crippen LogP contribution is -2.30. The Morgan fingerprint density at radius 1 is 1.60 bits per heavy atom. The third-order valence-electron chi connectivity index (χ3n) is 1.09. The zero-order valence-corrected chi connectivity index (χ0v) is 7.00. The van der Waals surface area contributed by atoms with Gasteiger partial charge in [0, 0.05) is 26.7 Å². The van der Waals surface area contributed by atoms with E-state index < -0.39 is 0 Å². The average molecular weight is 205 g/mol. The maximum absolute atomic E-state index is 9.02. The van der Waals surface area contributed by atoms with Gasteiger partial charge in [-0.25, -0.2) is 0 Å². The van der Waals surface area contributed by atoms with E-state index in [4.69, 9.17) is 9.94 Å². The second kappa shape index (κ2) is 2.88. The number of rotatable bonds is 1. The maximum atomic E-state index is 9.02. The molecule has 0 aliphatic rings. The number of ether oxygens (including phenoxy) is 1. The van der Waals surface area contributed by atoms with Gasteiger partial charge in [-0.15, -0.1) is 0 Å². The molecule has 54 valence electrons. The molecule has 0 unspecified atom stereocenters. The highest BCUT2D eigenvalue weighted by atomic mass is 79.9. The summed E-state index contributed by atoms with van der Waals surface area (Å²) >= 11 is 3.12. The van der Waals surface area contributed by atoms with Crippen molar-refractivity contribution in [1.29, 1.82) is 0 Å². The Balaban J connectivity index is 3.04. The molecule has 0 saturated carbocycles. The summed E-state index contributed by atoms with van der Waals surface area (Å²) in [5.74, 6) is 0.616. The minimum Gasteiger partial charge on any atom is -0.491 e. The smallest absolute Gasteiger partial charge is 0.298 e. The number of hydrogen-bond donors (Lipinski definition) is 1. The number of halogens is 1. The van der Waals surface area contributed by atoms with E-state index in [0.29, 0.717) is 10.4 Å². The molecule has 1 rings (SSSR count). The lowest BCUT2D eigenvalue weighted by molar-refractivity contribution is -0.913. The van der Waals surface area contributed by atoms with E-state index in [-0.39, 0.29) is 0 Å². The largest absolute Gasteiger partial charge is 0.491 e. The molecular formula is C6H7BrNO2+. The van der Waals surface area contributed by atoms with E-state index in [9.17, 15) is 0 Å². The molecule has 0 bridgehead atoms. The summed E-state index contributed by atoms with van der Waals surface area (Å²) in [6.45, 7) is 0. The molecule has 1 aromatic heterocycles. The molecule has 1 N–H and O–H groups in total. The SMILES string of the molecule is COc1ccc(Br)[n+](O)c1. The number of aromatic nitrogens is 1. The molecule has 0 aliphatic carbocycles. The Hall–Kier alpha value is -0.770. The summed E-state index contributed by atoms with van der Waals surface area (Å²) in [6, 6.07) is 3.44. The van der Waals surface area contributed by atoms with Gasteiger partial charge in [0.15, 0.2) is 5.75 Å². The van der Waals surface area contributed by atoms with Gasteiger partial charge in [0.2, 0.25) is 0 Å². The lowest BCUT2D eigenvalue weighted by Gasteiger charge is -1.93. The van der Waals surface area contributed by atoms with Gasteiger partial charge in [0.1, 0.15) is 0 Å². The fraction of sp³-hybridized carbons (Fsp3) is 0.167. The summed E-state index contributed by atoms with van der Waals surface area (Å²) in [4.78, 5) is 0. The van der Waals surface area contributed by atoms with Crippen LogP contribution in [0.5, 0.6) is 5.75 Å². The first-order valence-electron chi connectivity index (χ1n) is 2.68. The number of pyridine rings is 1. The summed E-state index contributed by atoms with van der Waals surface area (Å²) in [6.07, 6.45) is 1.46. The van der Waals surface area contributed by atoms with Crippen molar-refractivity contribution in [1.82, 2.24) is 0 Å². The number of hydrogen-bond acceptors (Lipinski definition) is 2. The zero-order chi connectivity index (χ0) is 7.56. The molecule has 0 saturated heterocycles. The maximum Gasteiger partial charge on any atom is 0.298 e. The molecular weight excluding hydrogens is 198 g/mol. The van der Waals surface area contributed by atoms with Crippen molar-refractivity contribution >= 4 is 15.9 Å².